The van der Waals surface area contributed by atoms with E-state index in [0.29, 0.717) is 19.3 Å². The zero-order chi connectivity index (χ0) is 23.9. The maximum Gasteiger partial charge on any atom is 0.192 e. The molecule has 1 saturated carbocycles. The van der Waals surface area contributed by atoms with Crippen LogP contribution in [-0.4, -0.2) is 41.0 Å². The molecule has 1 aromatic carbocycles. The molecule has 0 amide bonds. The van der Waals surface area contributed by atoms with Crippen molar-refractivity contribution in [2.24, 2.45) is 11.3 Å². The maximum atomic E-state index is 6.74. The summed E-state index contributed by atoms with van der Waals surface area (Å²) in [6, 6.07) is 4.36. The molecule has 32 heavy (non-hydrogen) atoms. The van der Waals surface area contributed by atoms with Crippen LogP contribution in [0, 0.1) is 11.3 Å². The van der Waals surface area contributed by atoms with Crippen LogP contribution in [0.2, 0.25) is 18.1 Å². The Morgan fingerprint density at radius 1 is 1.12 bits per heavy atom. The molecule has 0 aromatic heterocycles. The topological polar surface area (TPSA) is 46.2 Å². The van der Waals surface area contributed by atoms with Crippen LogP contribution >= 0.6 is 0 Å². The van der Waals surface area contributed by atoms with Gasteiger partial charge in [-0.2, -0.15) is 0 Å². The minimum atomic E-state index is -1.84. The van der Waals surface area contributed by atoms with Crippen molar-refractivity contribution in [1.29, 1.82) is 0 Å². The van der Waals surface area contributed by atoms with Gasteiger partial charge in [0.2, 0.25) is 0 Å². The van der Waals surface area contributed by atoms with Crippen LogP contribution in [0.25, 0.3) is 0 Å². The number of ether oxygens (including phenoxy) is 4. The van der Waals surface area contributed by atoms with Crippen molar-refractivity contribution in [3.05, 3.63) is 23.3 Å². The summed E-state index contributed by atoms with van der Waals surface area (Å²) in [7, 11) is 1.57. The van der Waals surface area contributed by atoms with E-state index in [1.165, 1.54) is 5.56 Å². The second-order valence-corrected chi connectivity index (χ2v) is 16.7. The Hall–Kier alpha value is -1.08. The number of hydrogen-bond acceptors (Lipinski definition) is 5. The second kappa shape index (κ2) is 8.93. The molecule has 3 rings (SSSR count). The van der Waals surface area contributed by atoms with E-state index in [1.54, 1.807) is 14.2 Å². The summed E-state index contributed by atoms with van der Waals surface area (Å²) in [6.45, 7) is 19.2. The second-order valence-electron chi connectivity index (χ2n) is 11.9. The molecule has 0 unspecified atom stereocenters. The fourth-order valence-electron chi connectivity index (χ4n) is 5.18. The third-order valence-electron chi connectivity index (χ3n) is 8.33. The molecule has 0 bridgehead atoms. The highest BCUT2D eigenvalue weighted by Gasteiger charge is 2.55. The van der Waals surface area contributed by atoms with Gasteiger partial charge in [-0.3, -0.25) is 0 Å². The molecule has 1 aliphatic heterocycles. The van der Waals surface area contributed by atoms with Crippen LogP contribution in [0.4, 0.5) is 0 Å². The van der Waals surface area contributed by atoms with Crippen molar-refractivity contribution in [2.45, 2.75) is 97.2 Å². The normalized spacial score (nSPS) is 27.3. The molecule has 0 radical (unpaired) electrons. The Balaban J connectivity index is 1.90. The van der Waals surface area contributed by atoms with Crippen LogP contribution in [0.1, 0.15) is 65.5 Å². The molecule has 1 heterocycles. The zero-order valence-electron chi connectivity index (χ0n) is 21.9. The maximum absolute atomic E-state index is 6.74. The van der Waals surface area contributed by atoms with E-state index in [-0.39, 0.29) is 22.2 Å². The highest BCUT2D eigenvalue weighted by molar-refractivity contribution is 6.74. The fraction of sp³-hybridized carbons (Fsp3) is 0.769. The molecular weight excluding hydrogens is 420 g/mol. The van der Waals surface area contributed by atoms with Crippen LogP contribution in [0.15, 0.2) is 12.1 Å². The molecule has 1 fully saturated rings. The highest BCUT2D eigenvalue weighted by Crippen LogP contribution is 2.55. The number of rotatable bonds is 7. The standard InChI is InChI=1S/C26H44O5Si/c1-24(2,3)32(9,10)30-16-18-13-19-15-21-25(4,5)22(29-17-27-7)11-12-26(21,6)31-23(19)20(14-18)28-8/h13-14,21-22H,11-12,15-17H2,1-10H3/t21-,22-,26-/m1/s1. The first-order chi connectivity index (χ1) is 14.7. The fourth-order valence-corrected chi connectivity index (χ4v) is 6.14. The van der Waals surface area contributed by atoms with Gasteiger partial charge in [0.1, 0.15) is 12.4 Å². The first-order valence-corrected chi connectivity index (χ1v) is 14.8. The number of fused-ring (bicyclic) bond motifs is 2. The Bertz CT molecular complexity index is 813. The van der Waals surface area contributed by atoms with Crippen molar-refractivity contribution in [1.82, 2.24) is 0 Å². The molecule has 5 nitrogen and oxygen atoms in total. The quantitative estimate of drug-likeness (QED) is 0.348. The lowest BCUT2D eigenvalue weighted by Crippen LogP contribution is -2.59. The summed E-state index contributed by atoms with van der Waals surface area (Å²) in [6.07, 6.45) is 3.00. The van der Waals surface area contributed by atoms with Gasteiger partial charge < -0.3 is 23.4 Å². The van der Waals surface area contributed by atoms with Gasteiger partial charge in [0.15, 0.2) is 19.8 Å². The van der Waals surface area contributed by atoms with Crippen molar-refractivity contribution < 1.29 is 23.4 Å². The van der Waals surface area contributed by atoms with Gasteiger partial charge in [0, 0.05) is 13.0 Å². The molecule has 3 atom stereocenters. The van der Waals surface area contributed by atoms with Crippen LogP contribution in [0.3, 0.4) is 0 Å². The number of benzene rings is 1. The summed E-state index contributed by atoms with van der Waals surface area (Å²) in [4.78, 5) is 0. The average molecular weight is 465 g/mol. The van der Waals surface area contributed by atoms with Gasteiger partial charge in [0.25, 0.3) is 0 Å². The van der Waals surface area contributed by atoms with Gasteiger partial charge in [-0.05, 0) is 73.0 Å². The lowest BCUT2D eigenvalue weighted by Gasteiger charge is -2.56. The Morgan fingerprint density at radius 2 is 1.81 bits per heavy atom. The molecule has 0 saturated heterocycles. The van der Waals surface area contributed by atoms with Crippen LogP contribution in [-0.2, 0) is 26.9 Å². The van der Waals surface area contributed by atoms with E-state index in [0.717, 1.165) is 36.3 Å². The Labute approximate surface area is 196 Å². The molecular formula is C26H44O5Si. The molecule has 1 aliphatic carbocycles. The van der Waals surface area contributed by atoms with E-state index >= 15 is 0 Å². The minimum absolute atomic E-state index is 0.0376. The predicted octanol–water partition coefficient (Wildman–Crippen LogP) is 6.34. The van der Waals surface area contributed by atoms with Gasteiger partial charge in [-0.25, -0.2) is 0 Å². The molecule has 0 N–H and O–H groups in total. The molecule has 2 aliphatic rings. The number of hydrogen-bond donors (Lipinski definition) is 0. The van der Waals surface area contributed by atoms with Gasteiger partial charge in [-0.1, -0.05) is 34.6 Å². The Morgan fingerprint density at radius 3 is 2.41 bits per heavy atom. The summed E-state index contributed by atoms with van der Waals surface area (Å²) >= 11 is 0. The van der Waals surface area contributed by atoms with Gasteiger partial charge in [-0.15, -0.1) is 0 Å². The third-order valence-corrected chi connectivity index (χ3v) is 12.8. The lowest BCUT2D eigenvalue weighted by molar-refractivity contribution is -0.185. The van der Waals surface area contributed by atoms with E-state index in [2.05, 4.69) is 66.8 Å². The van der Waals surface area contributed by atoms with Crippen molar-refractivity contribution in [2.75, 3.05) is 21.0 Å². The van der Waals surface area contributed by atoms with Gasteiger partial charge >= 0.3 is 0 Å². The number of methoxy groups -OCH3 is 2. The zero-order valence-corrected chi connectivity index (χ0v) is 22.9. The summed E-state index contributed by atoms with van der Waals surface area (Å²) < 4.78 is 30.3. The van der Waals surface area contributed by atoms with E-state index < -0.39 is 8.32 Å². The van der Waals surface area contributed by atoms with Crippen molar-refractivity contribution >= 4 is 8.32 Å². The molecule has 0 spiro atoms. The van der Waals surface area contributed by atoms with Crippen LogP contribution in [0.5, 0.6) is 11.5 Å². The molecule has 6 heteroatoms. The van der Waals surface area contributed by atoms with E-state index in [9.17, 15) is 0 Å². The SMILES string of the molecule is COCO[C@@H]1CC[C@@]2(C)Oc3c(cc(CO[Si](C)(C)C(C)(C)C)cc3OC)C[C@@H]2C1(C)C. The highest BCUT2D eigenvalue weighted by atomic mass is 28.4. The van der Waals surface area contributed by atoms with E-state index in [1.807, 2.05) is 0 Å². The minimum Gasteiger partial charge on any atom is -0.493 e. The monoisotopic (exact) mass is 464 g/mol. The molecule has 182 valence electrons. The first-order valence-electron chi connectivity index (χ1n) is 11.9. The van der Waals surface area contributed by atoms with Crippen molar-refractivity contribution in [3.63, 3.8) is 0 Å². The Kier molecular flexibility index (Phi) is 7.13. The summed E-state index contributed by atoms with van der Waals surface area (Å²) in [5, 5.41) is 0.180. The largest absolute Gasteiger partial charge is 0.493 e. The molecule has 1 aromatic rings. The van der Waals surface area contributed by atoms with Crippen LogP contribution < -0.4 is 9.47 Å². The third kappa shape index (κ3) is 4.74. The average Bonchev–Trinajstić information content (AvgIpc) is 2.69. The smallest absolute Gasteiger partial charge is 0.192 e. The predicted molar refractivity (Wildman–Crippen MR) is 131 cm³/mol. The van der Waals surface area contributed by atoms with Gasteiger partial charge in [0.05, 0.1) is 19.8 Å². The summed E-state index contributed by atoms with van der Waals surface area (Å²) in [5.41, 5.74) is 2.08. The lowest BCUT2D eigenvalue weighted by atomic mass is 9.57. The summed E-state index contributed by atoms with van der Waals surface area (Å²) in [5.74, 6) is 2.04. The van der Waals surface area contributed by atoms with Crippen molar-refractivity contribution in [3.8, 4) is 11.5 Å². The first kappa shape index (κ1) is 25.5. The van der Waals surface area contributed by atoms with E-state index in [4.69, 9.17) is 23.4 Å².